The summed E-state index contributed by atoms with van der Waals surface area (Å²) in [5.74, 6) is 0. The zero-order valence-electron chi connectivity index (χ0n) is 11.2. The van der Waals surface area contributed by atoms with E-state index in [-0.39, 0.29) is 0 Å². The van der Waals surface area contributed by atoms with Gasteiger partial charge in [-0.25, -0.2) is 0 Å². The maximum absolute atomic E-state index is 5.92. The van der Waals surface area contributed by atoms with Crippen LogP contribution in [0, 0.1) is 20.8 Å². The van der Waals surface area contributed by atoms with Crippen molar-refractivity contribution in [1.29, 1.82) is 0 Å². The Kier molecular flexibility index (Phi) is 3.58. The largest absolute Gasteiger partial charge is 0.209 e. The predicted octanol–water partition coefficient (Wildman–Crippen LogP) is 3.45. The Hall–Kier alpha value is -1.54. The van der Waals surface area contributed by atoms with Crippen molar-refractivity contribution < 1.29 is 4.68 Å². The third-order valence-corrected chi connectivity index (χ3v) is 3.29. The maximum Gasteiger partial charge on any atom is 0.209 e. The standard InChI is InChI=1S/C15H18ClN2/c1-11-9-12(2)18(13(3)10-11)17(4)15-7-5-14(16)6-8-15/h5-10H,1-4H3/q+1. The summed E-state index contributed by atoms with van der Waals surface area (Å²) in [6, 6.07) is 12.2. The van der Waals surface area contributed by atoms with E-state index in [9.17, 15) is 0 Å². The normalized spacial score (nSPS) is 10.5. The molecule has 0 unspecified atom stereocenters. The lowest BCUT2D eigenvalue weighted by Gasteiger charge is -2.16. The van der Waals surface area contributed by atoms with Crippen LogP contribution in [0.5, 0.6) is 0 Å². The summed E-state index contributed by atoms with van der Waals surface area (Å²) in [7, 11) is 2.05. The van der Waals surface area contributed by atoms with Gasteiger partial charge in [0.2, 0.25) is 11.4 Å². The highest BCUT2D eigenvalue weighted by atomic mass is 35.5. The molecule has 1 aromatic heterocycles. The van der Waals surface area contributed by atoms with Gasteiger partial charge in [0.1, 0.15) is 0 Å². The minimum absolute atomic E-state index is 0.759. The molecule has 1 heterocycles. The lowest BCUT2D eigenvalue weighted by atomic mass is 10.2. The highest BCUT2D eigenvalue weighted by molar-refractivity contribution is 6.30. The molecule has 0 fully saturated rings. The SMILES string of the molecule is Cc1cc(C)[n+](N(C)c2ccc(Cl)cc2)c(C)c1. The Bertz CT molecular complexity index is 538. The van der Waals surface area contributed by atoms with E-state index in [1.54, 1.807) is 0 Å². The third-order valence-electron chi connectivity index (χ3n) is 3.04. The van der Waals surface area contributed by atoms with E-state index in [0.717, 1.165) is 10.7 Å². The van der Waals surface area contributed by atoms with Gasteiger partial charge in [-0.3, -0.25) is 0 Å². The van der Waals surface area contributed by atoms with E-state index in [1.807, 2.05) is 24.3 Å². The fraction of sp³-hybridized carbons (Fsp3) is 0.267. The van der Waals surface area contributed by atoms with E-state index in [4.69, 9.17) is 11.6 Å². The average molecular weight is 262 g/mol. The summed E-state index contributed by atoms with van der Waals surface area (Å²) >= 11 is 5.92. The zero-order chi connectivity index (χ0) is 13.3. The van der Waals surface area contributed by atoms with Crippen LogP contribution in [-0.4, -0.2) is 7.05 Å². The number of anilines is 1. The number of nitrogens with zero attached hydrogens (tertiary/aromatic N) is 2. The molecule has 0 saturated carbocycles. The van der Waals surface area contributed by atoms with Crippen LogP contribution in [0.25, 0.3) is 0 Å². The van der Waals surface area contributed by atoms with E-state index >= 15 is 0 Å². The first-order chi connectivity index (χ1) is 8.49. The van der Waals surface area contributed by atoms with Crippen molar-refractivity contribution in [3.63, 3.8) is 0 Å². The summed E-state index contributed by atoms with van der Waals surface area (Å²) in [6.45, 7) is 6.35. The van der Waals surface area contributed by atoms with Gasteiger partial charge in [0.05, 0.1) is 12.7 Å². The molecule has 1 aromatic carbocycles. The minimum atomic E-state index is 0.759. The molecule has 0 aliphatic carbocycles. The summed E-state index contributed by atoms with van der Waals surface area (Å²) in [4.78, 5) is 0. The van der Waals surface area contributed by atoms with Crippen LogP contribution in [0.15, 0.2) is 36.4 Å². The van der Waals surface area contributed by atoms with Crippen LogP contribution in [0.3, 0.4) is 0 Å². The number of aryl methyl sites for hydroxylation is 3. The van der Waals surface area contributed by atoms with E-state index in [2.05, 4.69) is 49.6 Å². The molecule has 18 heavy (non-hydrogen) atoms. The second-order valence-corrected chi connectivity index (χ2v) is 5.06. The Morgan fingerprint density at radius 3 is 1.94 bits per heavy atom. The molecular formula is C15H18ClN2+. The van der Waals surface area contributed by atoms with E-state index in [1.165, 1.54) is 17.0 Å². The topological polar surface area (TPSA) is 7.12 Å². The van der Waals surface area contributed by atoms with Crippen LogP contribution in [-0.2, 0) is 0 Å². The van der Waals surface area contributed by atoms with Crippen molar-refractivity contribution in [3.8, 4) is 0 Å². The van der Waals surface area contributed by atoms with Gasteiger partial charge in [-0.15, -0.1) is 0 Å². The van der Waals surface area contributed by atoms with Crippen molar-refractivity contribution in [1.82, 2.24) is 0 Å². The number of hydrogen-bond acceptors (Lipinski definition) is 1. The Labute approximate surface area is 113 Å². The van der Waals surface area contributed by atoms with Crippen molar-refractivity contribution >= 4 is 17.3 Å². The summed E-state index contributed by atoms with van der Waals surface area (Å²) in [5.41, 5.74) is 4.82. The summed E-state index contributed by atoms with van der Waals surface area (Å²) in [6.07, 6.45) is 0. The van der Waals surface area contributed by atoms with Crippen molar-refractivity contribution in [2.75, 3.05) is 12.1 Å². The van der Waals surface area contributed by atoms with Crippen molar-refractivity contribution in [3.05, 3.63) is 58.4 Å². The fourth-order valence-corrected chi connectivity index (χ4v) is 2.47. The average Bonchev–Trinajstić information content (AvgIpc) is 2.28. The van der Waals surface area contributed by atoms with Crippen LogP contribution in [0.1, 0.15) is 17.0 Å². The van der Waals surface area contributed by atoms with E-state index < -0.39 is 0 Å². The maximum atomic E-state index is 5.92. The number of aromatic nitrogens is 1. The van der Waals surface area contributed by atoms with Crippen LogP contribution < -0.4 is 9.69 Å². The third kappa shape index (κ3) is 2.49. The molecule has 0 atom stereocenters. The molecule has 2 aromatic rings. The predicted molar refractivity (Wildman–Crippen MR) is 76.1 cm³/mol. The first kappa shape index (κ1) is 12.9. The molecule has 0 aliphatic rings. The quantitative estimate of drug-likeness (QED) is 0.751. The molecule has 0 spiro atoms. The van der Waals surface area contributed by atoms with E-state index in [0.29, 0.717) is 0 Å². The van der Waals surface area contributed by atoms with Gasteiger partial charge in [-0.2, -0.15) is 5.01 Å². The van der Waals surface area contributed by atoms with Crippen LogP contribution >= 0.6 is 11.6 Å². The fourth-order valence-electron chi connectivity index (χ4n) is 2.35. The Morgan fingerprint density at radius 1 is 0.944 bits per heavy atom. The lowest BCUT2D eigenvalue weighted by molar-refractivity contribution is -0.693. The van der Waals surface area contributed by atoms with Crippen molar-refractivity contribution in [2.45, 2.75) is 20.8 Å². The molecule has 0 radical (unpaired) electrons. The van der Waals surface area contributed by atoms with Gasteiger partial charge in [0, 0.05) is 31.0 Å². The second-order valence-electron chi connectivity index (χ2n) is 4.63. The Balaban J connectivity index is 2.46. The first-order valence-corrected chi connectivity index (χ1v) is 6.36. The van der Waals surface area contributed by atoms with Gasteiger partial charge in [0.25, 0.3) is 0 Å². The number of benzene rings is 1. The van der Waals surface area contributed by atoms with Crippen molar-refractivity contribution in [2.24, 2.45) is 0 Å². The molecule has 0 N–H and O–H groups in total. The monoisotopic (exact) mass is 261 g/mol. The molecular weight excluding hydrogens is 244 g/mol. The number of pyridine rings is 1. The van der Waals surface area contributed by atoms with Gasteiger partial charge in [-0.1, -0.05) is 16.3 Å². The smallest absolute Gasteiger partial charge is 0.151 e. The van der Waals surface area contributed by atoms with Crippen LogP contribution in [0.2, 0.25) is 5.02 Å². The molecule has 2 rings (SSSR count). The molecule has 94 valence electrons. The minimum Gasteiger partial charge on any atom is -0.151 e. The number of rotatable bonds is 2. The highest BCUT2D eigenvalue weighted by Gasteiger charge is 2.18. The lowest BCUT2D eigenvalue weighted by Crippen LogP contribution is -2.56. The van der Waals surface area contributed by atoms with Gasteiger partial charge >= 0.3 is 0 Å². The molecule has 3 heteroatoms. The number of hydrogen-bond donors (Lipinski definition) is 0. The zero-order valence-corrected chi connectivity index (χ0v) is 12.0. The summed E-state index contributed by atoms with van der Waals surface area (Å²) < 4.78 is 2.19. The molecule has 2 nitrogen and oxygen atoms in total. The highest BCUT2D eigenvalue weighted by Crippen LogP contribution is 2.16. The van der Waals surface area contributed by atoms with Gasteiger partial charge < -0.3 is 0 Å². The number of halogens is 1. The van der Waals surface area contributed by atoms with Crippen LogP contribution in [0.4, 0.5) is 5.69 Å². The molecule has 0 amide bonds. The first-order valence-electron chi connectivity index (χ1n) is 5.98. The van der Waals surface area contributed by atoms with Gasteiger partial charge in [0.15, 0.2) is 0 Å². The molecule has 0 saturated heterocycles. The molecule has 0 aliphatic heterocycles. The van der Waals surface area contributed by atoms with Gasteiger partial charge in [-0.05, 0) is 36.8 Å². The second kappa shape index (κ2) is 4.99. The Morgan fingerprint density at radius 2 is 1.44 bits per heavy atom. The summed E-state index contributed by atoms with van der Waals surface area (Å²) in [5, 5.41) is 2.88. The molecule has 0 bridgehead atoms.